The van der Waals surface area contributed by atoms with Crippen molar-refractivity contribution in [2.75, 3.05) is 0 Å². The second kappa shape index (κ2) is 2.52. The Balaban J connectivity index is 2.23. The van der Waals surface area contributed by atoms with E-state index < -0.39 is 0 Å². The Morgan fingerprint density at radius 2 is 2.25 bits per heavy atom. The first-order valence-corrected chi connectivity index (χ1v) is 4.33. The SMILES string of the molecule is CCC1CC1(N)c1ncccn1. The average Bonchev–Trinajstić information content (AvgIpc) is 2.81. The van der Waals surface area contributed by atoms with Crippen molar-refractivity contribution in [1.82, 2.24) is 9.97 Å². The highest BCUT2D eigenvalue weighted by atomic mass is 15.0. The van der Waals surface area contributed by atoms with Gasteiger partial charge in [-0.05, 0) is 18.4 Å². The van der Waals surface area contributed by atoms with E-state index in [0.717, 1.165) is 18.7 Å². The Morgan fingerprint density at radius 1 is 1.58 bits per heavy atom. The smallest absolute Gasteiger partial charge is 0.148 e. The van der Waals surface area contributed by atoms with Crippen molar-refractivity contribution in [2.24, 2.45) is 11.7 Å². The molecule has 0 aliphatic heterocycles. The van der Waals surface area contributed by atoms with Gasteiger partial charge in [-0.25, -0.2) is 9.97 Å². The Kier molecular flexibility index (Phi) is 1.61. The van der Waals surface area contributed by atoms with Gasteiger partial charge in [-0.15, -0.1) is 0 Å². The van der Waals surface area contributed by atoms with Gasteiger partial charge in [0.25, 0.3) is 0 Å². The van der Waals surface area contributed by atoms with Crippen LogP contribution >= 0.6 is 0 Å². The van der Waals surface area contributed by atoms with E-state index >= 15 is 0 Å². The van der Waals surface area contributed by atoms with Crippen molar-refractivity contribution in [1.29, 1.82) is 0 Å². The van der Waals surface area contributed by atoms with Crippen LogP contribution in [0.2, 0.25) is 0 Å². The fourth-order valence-electron chi connectivity index (χ4n) is 1.67. The highest BCUT2D eigenvalue weighted by Crippen LogP contribution is 2.49. The predicted molar refractivity (Wildman–Crippen MR) is 46.3 cm³/mol. The van der Waals surface area contributed by atoms with Gasteiger partial charge in [0.2, 0.25) is 0 Å². The number of aromatic nitrogens is 2. The Labute approximate surface area is 72.0 Å². The van der Waals surface area contributed by atoms with Crippen LogP contribution in [-0.2, 0) is 5.54 Å². The number of hydrogen-bond donors (Lipinski definition) is 1. The third-order valence-corrected chi connectivity index (χ3v) is 2.63. The molecule has 2 N–H and O–H groups in total. The number of rotatable bonds is 2. The van der Waals surface area contributed by atoms with Crippen LogP contribution in [0.4, 0.5) is 0 Å². The largest absolute Gasteiger partial charge is 0.319 e. The summed E-state index contributed by atoms with van der Waals surface area (Å²) in [5.41, 5.74) is 5.89. The van der Waals surface area contributed by atoms with Crippen LogP contribution in [0.25, 0.3) is 0 Å². The normalized spacial score (nSPS) is 33.3. The molecule has 0 saturated heterocycles. The summed E-state index contributed by atoms with van der Waals surface area (Å²) in [6.45, 7) is 2.15. The summed E-state index contributed by atoms with van der Waals surface area (Å²) in [7, 11) is 0. The molecule has 12 heavy (non-hydrogen) atoms. The van der Waals surface area contributed by atoms with Crippen LogP contribution in [0.1, 0.15) is 25.6 Å². The van der Waals surface area contributed by atoms with Gasteiger partial charge >= 0.3 is 0 Å². The van der Waals surface area contributed by atoms with Crippen molar-refractivity contribution in [3.63, 3.8) is 0 Å². The van der Waals surface area contributed by atoms with Crippen LogP contribution in [0.15, 0.2) is 18.5 Å². The summed E-state index contributed by atoms with van der Waals surface area (Å²) in [4.78, 5) is 8.35. The average molecular weight is 163 g/mol. The van der Waals surface area contributed by atoms with Gasteiger partial charge in [-0.1, -0.05) is 13.3 Å². The molecule has 3 nitrogen and oxygen atoms in total. The molecule has 2 rings (SSSR count). The monoisotopic (exact) mass is 163 g/mol. The van der Waals surface area contributed by atoms with Gasteiger partial charge in [-0.2, -0.15) is 0 Å². The standard InChI is InChI=1S/C9H13N3/c1-2-7-6-9(7,10)8-11-4-3-5-12-8/h3-5,7H,2,6,10H2,1H3. The molecule has 0 aromatic carbocycles. The third-order valence-electron chi connectivity index (χ3n) is 2.63. The van der Waals surface area contributed by atoms with Gasteiger partial charge in [0.15, 0.2) is 0 Å². The molecule has 0 spiro atoms. The molecule has 1 aromatic rings. The molecule has 1 heterocycles. The maximum atomic E-state index is 6.10. The Morgan fingerprint density at radius 3 is 2.75 bits per heavy atom. The van der Waals surface area contributed by atoms with E-state index in [0.29, 0.717) is 5.92 Å². The molecule has 1 saturated carbocycles. The van der Waals surface area contributed by atoms with Crippen molar-refractivity contribution < 1.29 is 0 Å². The molecule has 0 bridgehead atoms. The fraction of sp³-hybridized carbons (Fsp3) is 0.556. The lowest BCUT2D eigenvalue weighted by Crippen LogP contribution is -2.24. The predicted octanol–water partition coefficient (Wildman–Crippen LogP) is 1.06. The van der Waals surface area contributed by atoms with Crippen LogP contribution in [-0.4, -0.2) is 9.97 Å². The highest BCUT2D eigenvalue weighted by molar-refractivity contribution is 5.18. The number of hydrogen-bond acceptors (Lipinski definition) is 3. The van der Waals surface area contributed by atoms with Crippen LogP contribution in [0.5, 0.6) is 0 Å². The molecule has 2 atom stereocenters. The summed E-state index contributed by atoms with van der Waals surface area (Å²) in [5, 5.41) is 0. The summed E-state index contributed by atoms with van der Waals surface area (Å²) < 4.78 is 0. The minimum Gasteiger partial charge on any atom is -0.319 e. The molecule has 1 aromatic heterocycles. The molecule has 3 heteroatoms. The van der Waals surface area contributed by atoms with Gasteiger partial charge in [0, 0.05) is 12.4 Å². The molecule has 1 aliphatic carbocycles. The molecule has 2 unspecified atom stereocenters. The molecule has 0 radical (unpaired) electrons. The number of nitrogens with two attached hydrogens (primary N) is 1. The van der Waals surface area contributed by atoms with Gasteiger partial charge in [0.1, 0.15) is 5.82 Å². The zero-order valence-corrected chi connectivity index (χ0v) is 7.20. The van der Waals surface area contributed by atoms with Crippen molar-refractivity contribution in [3.05, 3.63) is 24.3 Å². The van der Waals surface area contributed by atoms with Crippen LogP contribution in [0, 0.1) is 5.92 Å². The minimum absolute atomic E-state index is 0.212. The lowest BCUT2D eigenvalue weighted by atomic mass is 10.2. The first kappa shape index (κ1) is 7.68. The van der Waals surface area contributed by atoms with Crippen molar-refractivity contribution >= 4 is 0 Å². The van der Waals surface area contributed by atoms with E-state index in [9.17, 15) is 0 Å². The van der Waals surface area contributed by atoms with E-state index in [4.69, 9.17) is 5.73 Å². The highest BCUT2D eigenvalue weighted by Gasteiger charge is 2.53. The second-order valence-electron chi connectivity index (χ2n) is 3.42. The molecule has 1 aliphatic rings. The summed E-state index contributed by atoms with van der Waals surface area (Å²) in [6.07, 6.45) is 5.66. The van der Waals surface area contributed by atoms with Gasteiger partial charge < -0.3 is 5.73 Å². The fourth-order valence-corrected chi connectivity index (χ4v) is 1.67. The van der Waals surface area contributed by atoms with E-state index in [1.807, 2.05) is 6.07 Å². The van der Waals surface area contributed by atoms with E-state index in [1.54, 1.807) is 12.4 Å². The maximum Gasteiger partial charge on any atom is 0.148 e. The molecular formula is C9H13N3. The second-order valence-corrected chi connectivity index (χ2v) is 3.42. The first-order valence-electron chi connectivity index (χ1n) is 4.33. The molecule has 64 valence electrons. The quantitative estimate of drug-likeness (QED) is 0.709. The molecular weight excluding hydrogens is 150 g/mol. The minimum atomic E-state index is -0.212. The summed E-state index contributed by atoms with van der Waals surface area (Å²) in [6, 6.07) is 1.82. The Bertz CT molecular complexity index is 272. The number of nitrogens with zero attached hydrogens (tertiary/aromatic N) is 2. The zero-order chi connectivity index (χ0) is 8.60. The topological polar surface area (TPSA) is 51.8 Å². The van der Waals surface area contributed by atoms with E-state index in [1.165, 1.54) is 0 Å². The molecule has 0 amide bonds. The Hall–Kier alpha value is -0.960. The first-order chi connectivity index (χ1) is 5.77. The van der Waals surface area contributed by atoms with E-state index in [-0.39, 0.29) is 5.54 Å². The maximum absolute atomic E-state index is 6.10. The molecule has 1 fully saturated rings. The van der Waals surface area contributed by atoms with E-state index in [2.05, 4.69) is 16.9 Å². The lowest BCUT2D eigenvalue weighted by Gasteiger charge is -2.07. The van der Waals surface area contributed by atoms with Crippen LogP contribution < -0.4 is 5.73 Å². The van der Waals surface area contributed by atoms with Crippen molar-refractivity contribution in [3.8, 4) is 0 Å². The lowest BCUT2D eigenvalue weighted by molar-refractivity contribution is 0.578. The summed E-state index contributed by atoms with van der Waals surface area (Å²) in [5.74, 6) is 1.39. The summed E-state index contributed by atoms with van der Waals surface area (Å²) >= 11 is 0. The van der Waals surface area contributed by atoms with Crippen molar-refractivity contribution in [2.45, 2.75) is 25.3 Å². The zero-order valence-electron chi connectivity index (χ0n) is 7.20. The van der Waals surface area contributed by atoms with Crippen LogP contribution in [0.3, 0.4) is 0 Å². The van der Waals surface area contributed by atoms with Gasteiger partial charge in [-0.3, -0.25) is 0 Å². The third kappa shape index (κ3) is 1.01. The van der Waals surface area contributed by atoms with Gasteiger partial charge in [0.05, 0.1) is 5.54 Å².